The van der Waals surface area contributed by atoms with Crippen LogP contribution < -0.4 is 5.43 Å². The number of benzene rings is 2. The predicted octanol–water partition coefficient (Wildman–Crippen LogP) is 2.72. The molecule has 3 rings (SSSR count). The second kappa shape index (κ2) is 8.65. The number of anilines is 1. The number of halogens is 1. The summed E-state index contributed by atoms with van der Waals surface area (Å²) in [6.45, 7) is 0.897. The molecule has 0 unspecified atom stereocenters. The van der Waals surface area contributed by atoms with Crippen LogP contribution in [-0.4, -0.2) is 50.2 Å². The molecular weight excluding hydrogens is 408 g/mol. The fourth-order valence-corrected chi connectivity index (χ4v) is 4.28. The van der Waals surface area contributed by atoms with Gasteiger partial charge in [0.15, 0.2) is 0 Å². The molecule has 0 amide bonds. The Bertz CT molecular complexity index is 989. The van der Waals surface area contributed by atoms with E-state index in [0.29, 0.717) is 5.02 Å². The zero-order chi connectivity index (χ0) is 20.1. The van der Waals surface area contributed by atoms with Crippen LogP contribution in [0.15, 0.2) is 52.5 Å². The lowest BCUT2D eigenvalue weighted by Gasteiger charge is -2.26. The smallest absolute Gasteiger partial charge is 0.270 e. The van der Waals surface area contributed by atoms with E-state index in [-0.39, 0.29) is 42.6 Å². The molecule has 0 aliphatic carbocycles. The Labute approximate surface area is 166 Å². The minimum absolute atomic E-state index is 0.141. The van der Waals surface area contributed by atoms with Gasteiger partial charge in [0.2, 0.25) is 10.0 Å². The summed E-state index contributed by atoms with van der Waals surface area (Å²) in [5.41, 5.74) is 3.23. The Balaban J connectivity index is 1.91. The molecule has 9 nitrogen and oxygen atoms in total. The van der Waals surface area contributed by atoms with Crippen LogP contribution >= 0.6 is 11.6 Å². The third-order valence-corrected chi connectivity index (χ3v) is 6.22. The zero-order valence-corrected chi connectivity index (χ0v) is 16.2. The highest BCUT2D eigenvalue weighted by Crippen LogP contribution is 2.29. The number of nitrogens with zero attached hydrogens (tertiary/aromatic N) is 3. The topological polar surface area (TPSA) is 114 Å². The van der Waals surface area contributed by atoms with E-state index in [1.54, 1.807) is 24.3 Å². The molecule has 1 aliphatic rings. The van der Waals surface area contributed by atoms with E-state index in [2.05, 4.69) is 10.5 Å². The van der Waals surface area contributed by atoms with Crippen LogP contribution in [0.4, 0.5) is 11.4 Å². The Morgan fingerprint density at radius 1 is 1.18 bits per heavy atom. The molecule has 0 bridgehead atoms. The average Bonchev–Trinajstić information content (AvgIpc) is 2.70. The van der Waals surface area contributed by atoms with Crippen LogP contribution in [-0.2, 0) is 14.8 Å². The van der Waals surface area contributed by atoms with E-state index in [1.165, 1.54) is 22.7 Å². The molecule has 0 radical (unpaired) electrons. The van der Waals surface area contributed by atoms with Crippen molar-refractivity contribution in [3.05, 3.63) is 63.2 Å². The van der Waals surface area contributed by atoms with Crippen LogP contribution in [0.3, 0.4) is 0 Å². The summed E-state index contributed by atoms with van der Waals surface area (Å²) >= 11 is 5.83. The SMILES string of the molecule is O=[N+]([O-])c1ccc(NN=Cc2ccc(Cl)cc2)c(S(=O)(=O)N2CCOCC2)c1. The molecule has 0 atom stereocenters. The summed E-state index contributed by atoms with van der Waals surface area (Å²) in [5, 5.41) is 15.7. The average molecular weight is 425 g/mol. The number of non-ortho nitro benzene ring substituents is 1. The van der Waals surface area contributed by atoms with Crippen molar-refractivity contribution in [1.29, 1.82) is 0 Å². The first-order chi connectivity index (χ1) is 13.4. The molecular formula is C17H17ClN4O5S. The second-order valence-electron chi connectivity index (χ2n) is 5.88. The maximum absolute atomic E-state index is 13.0. The normalized spacial score (nSPS) is 15.6. The summed E-state index contributed by atoms with van der Waals surface area (Å²) in [7, 11) is -3.95. The van der Waals surface area contributed by atoms with E-state index in [0.717, 1.165) is 11.6 Å². The lowest BCUT2D eigenvalue weighted by Crippen LogP contribution is -2.40. The maximum Gasteiger partial charge on any atom is 0.270 e. The largest absolute Gasteiger partial charge is 0.379 e. The molecule has 28 heavy (non-hydrogen) atoms. The van der Waals surface area contributed by atoms with Gasteiger partial charge in [-0.15, -0.1) is 0 Å². The number of nitro groups is 1. The highest BCUT2D eigenvalue weighted by molar-refractivity contribution is 7.89. The lowest BCUT2D eigenvalue weighted by atomic mass is 10.2. The fourth-order valence-electron chi connectivity index (χ4n) is 2.58. The zero-order valence-electron chi connectivity index (χ0n) is 14.6. The highest BCUT2D eigenvalue weighted by Gasteiger charge is 2.30. The molecule has 1 N–H and O–H groups in total. The Hall–Kier alpha value is -2.53. The number of morpholine rings is 1. The summed E-state index contributed by atoms with van der Waals surface area (Å²) in [6, 6.07) is 10.5. The van der Waals surface area contributed by atoms with Crippen molar-refractivity contribution in [3.8, 4) is 0 Å². The van der Waals surface area contributed by atoms with E-state index in [4.69, 9.17) is 16.3 Å². The van der Waals surface area contributed by atoms with Gasteiger partial charge < -0.3 is 4.74 Å². The molecule has 1 saturated heterocycles. The molecule has 11 heteroatoms. The van der Waals surface area contributed by atoms with E-state index in [9.17, 15) is 18.5 Å². The summed E-state index contributed by atoms with van der Waals surface area (Å²) in [5.74, 6) is 0. The molecule has 1 aliphatic heterocycles. The van der Waals surface area contributed by atoms with Gasteiger partial charge in [0, 0.05) is 30.2 Å². The van der Waals surface area contributed by atoms with Crippen LogP contribution in [0.5, 0.6) is 0 Å². The van der Waals surface area contributed by atoms with Gasteiger partial charge in [-0.2, -0.15) is 9.41 Å². The number of hydrogen-bond acceptors (Lipinski definition) is 7. The third kappa shape index (κ3) is 4.65. The third-order valence-electron chi connectivity index (χ3n) is 4.03. The summed E-state index contributed by atoms with van der Waals surface area (Å²) in [6.07, 6.45) is 1.49. The number of nitro benzene ring substituents is 1. The van der Waals surface area contributed by atoms with Crippen molar-refractivity contribution in [2.45, 2.75) is 4.90 Å². The number of nitrogens with one attached hydrogen (secondary N) is 1. The van der Waals surface area contributed by atoms with Crippen LogP contribution in [0.25, 0.3) is 0 Å². The van der Waals surface area contributed by atoms with E-state index >= 15 is 0 Å². The van der Waals surface area contributed by atoms with Crippen LogP contribution in [0, 0.1) is 10.1 Å². The number of rotatable bonds is 6. The highest BCUT2D eigenvalue weighted by atomic mass is 35.5. The summed E-state index contributed by atoms with van der Waals surface area (Å²) in [4.78, 5) is 10.3. The number of sulfonamides is 1. The first-order valence-electron chi connectivity index (χ1n) is 8.29. The standard InChI is InChI=1S/C17H17ClN4O5S/c18-14-3-1-13(2-4-14)12-19-20-16-6-5-15(22(23)24)11-17(16)28(25,26)21-7-9-27-10-8-21/h1-6,11-12,20H,7-10H2. The number of hydrogen-bond donors (Lipinski definition) is 1. The molecule has 0 aromatic heterocycles. The predicted molar refractivity (Wildman–Crippen MR) is 105 cm³/mol. The van der Waals surface area contributed by atoms with Crippen molar-refractivity contribution >= 4 is 39.2 Å². The monoisotopic (exact) mass is 424 g/mol. The van der Waals surface area contributed by atoms with Gasteiger partial charge in [-0.25, -0.2) is 8.42 Å². The number of ether oxygens (including phenoxy) is 1. The Morgan fingerprint density at radius 3 is 2.50 bits per heavy atom. The van der Waals surface area contributed by atoms with Gasteiger partial charge in [0.05, 0.1) is 30.0 Å². The Morgan fingerprint density at radius 2 is 1.86 bits per heavy atom. The van der Waals surface area contributed by atoms with Crippen molar-refractivity contribution < 1.29 is 18.1 Å². The quantitative estimate of drug-likeness (QED) is 0.433. The molecule has 2 aromatic carbocycles. The van der Waals surface area contributed by atoms with Gasteiger partial charge in [0.1, 0.15) is 4.90 Å². The van der Waals surface area contributed by atoms with Crippen molar-refractivity contribution in [1.82, 2.24) is 4.31 Å². The molecule has 1 fully saturated rings. The van der Waals surface area contributed by atoms with Crippen LogP contribution in [0.1, 0.15) is 5.56 Å². The van der Waals surface area contributed by atoms with Crippen LogP contribution in [0.2, 0.25) is 5.02 Å². The maximum atomic E-state index is 13.0. The van der Waals surface area contributed by atoms with Gasteiger partial charge in [-0.1, -0.05) is 23.7 Å². The number of hydrazone groups is 1. The summed E-state index contributed by atoms with van der Waals surface area (Å²) < 4.78 is 32.4. The lowest BCUT2D eigenvalue weighted by molar-refractivity contribution is -0.385. The fraction of sp³-hybridized carbons (Fsp3) is 0.235. The first-order valence-corrected chi connectivity index (χ1v) is 10.1. The molecule has 2 aromatic rings. The first kappa shape index (κ1) is 20.2. The van der Waals surface area contributed by atoms with Crippen molar-refractivity contribution in [3.63, 3.8) is 0 Å². The van der Waals surface area contributed by atoms with Gasteiger partial charge in [-0.3, -0.25) is 15.5 Å². The van der Waals surface area contributed by atoms with Gasteiger partial charge in [-0.05, 0) is 23.8 Å². The van der Waals surface area contributed by atoms with Gasteiger partial charge in [0.25, 0.3) is 5.69 Å². The molecule has 1 heterocycles. The van der Waals surface area contributed by atoms with E-state index < -0.39 is 14.9 Å². The second-order valence-corrected chi connectivity index (χ2v) is 8.22. The molecule has 0 saturated carbocycles. The molecule has 148 valence electrons. The van der Waals surface area contributed by atoms with Crippen molar-refractivity contribution in [2.75, 3.05) is 31.7 Å². The van der Waals surface area contributed by atoms with Crippen molar-refractivity contribution in [2.24, 2.45) is 5.10 Å². The molecule has 0 spiro atoms. The Kier molecular flexibility index (Phi) is 6.25. The van der Waals surface area contributed by atoms with E-state index in [1.807, 2.05) is 0 Å². The van der Waals surface area contributed by atoms with Gasteiger partial charge >= 0.3 is 0 Å². The minimum Gasteiger partial charge on any atom is -0.379 e. The minimum atomic E-state index is -3.95.